The van der Waals surface area contributed by atoms with E-state index in [9.17, 15) is 4.79 Å². The van der Waals surface area contributed by atoms with Gasteiger partial charge in [-0.05, 0) is 48.5 Å². The third kappa shape index (κ3) is 5.31. The van der Waals surface area contributed by atoms with Crippen molar-refractivity contribution < 1.29 is 4.79 Å². The van der Waals surface area contributed by atoms with E-state index < -0.39 is 0 Å². The van der Waals surface area contributed by atoms with Crippen molar-refractivity contribution in [1.82, 2.24) is 15.1 Å². The quantitative estimate of drug-likeness (QED) is 0.323. The maximum Gasteiger partial charge on any atom is 0.251 e. The second-order valence-corrected chi connectivity index (χ2v) is 8.63. The molecule has 4 nitrogen and oxygen atoms in total. The van der Waals surface area contributed by atoms with E-state index in [1.165, 1.54) is 0 Å². The number of hydrogen-bond acceptors (Lipinski definition) is 3. The van der Waals surface area contributed by atoms with Gasteiger partial charge < -0.3 is 5.32 Å². The summed E-state index contributed by atoms with van der Waals surface area (Å²) in [7, 11) is 0. The number of aromatic nitrogens is 2. The van der Waals surface area contributed by atoms with E-state index in [0.717, 1.165) is 26.7 Å². The van der Waals surface area contributed by atoms with E-state index in [2.05, 4.69) is 5.32 Å². The van der Waals surface area contributed by atoms with Gasteiger partial charge in [0.1, 0.15) is 5.69 Å². The molecule has 0 radical (unpaired) electrons. The number of carbonyl (C=O) groups is 1. The zero-order valence-corrected chi connectivity index (χ0v) is 18.8. The van der Waals surface area contributed by atoms with Crippen LogP contribution >= 0.6 is 35.0 Å². The zero-order valence-electron chi connectivity index (χ0n) is 16.5. The van der Waals surface area contributed by atoms with Crippen LogP contribution in [0.5, 0.6) is 0 Å². The average Bonchev–Trinajstić information content (AvgIpc) is 3.23. The molecule has 0 saturated heterocycles. The van der Waals surface area contributed by atoms with Crippen molar-refractivity contribution in [3.63, 3.8) is 0 Å². The van der Waals surface area contributed by atoms with Crippen LogP contribution in [-0.2, 0) is 0 Å². The van der Waals surface area contributed by atoms with Gasteiger partial charge in [-0.1, -0.05) is 53.7 Å². The molecule has 4 rings (SSSR count). The SMILES string of the molecule is O=C(NCCCl)c1ccc(-c2nn(-c3ccccc3)cc2Sc2ccc(Cl)cc2)cc1. The molecule has 0 atom stereocenters. The number of hydrogen-bond donors (Lipinski definition) is 1. The van der Waals surface area contributed by atoms with Crippen molar-refractivity contribution in [2.45, 2.75) is 9.79 Å². The van der Waals surface area contributed by atoms with Crippen molar-refractivity contribution in [2.24, 2.45) is 0 Å². The second kappa shape index (κ2) is 10.1. The maximum atomic E-state index is 12.2. The number of nitrogens with zero attached hydrogens (tertiary/aromatic N) is 2. The fourth-order valence-corrected chi connectivity index (χ4v) is 4.17. The monoisotopic (exact) mass is 467 g/mol. The number of alkyl halides is 1. The normalized spacial score (nSPS) is 10.8. The Bertz CT molecular complexity index is 1160. The van der Waals surface area contributed by atoms with E-state index in [4.69, 9.17) is 28.3 Å². The van der Waals surface area contributed by atoms with E-state index in [1.54, 1.807) is 23.9 Å². The van der Waals surface area contributed by atoms with Gasteiger partial charge in [0.15, 0.2) is 0 Å². The highest BCUT2D eigenvalue weighted by molar-refractivity contribution is 7.99. The zero-order chi connectivity index (χ0) is 21.6. The Hall–Kier alpha value is -2.73. The van der Waals surface area contributed by atoms with Crippen LogP contribution in [0, 0.1) is 0 Å². The first kappa shape index (κ1) is 21.5. The Morgan fingerprint density at radius 1 is 0.968 bits per heavy atom. The average molecular weight is 468 g/mol. The van der Waals surface area contributed by atoms with Crippen LogP contribution in [0.3, 0.4) is 0 Å². The minimum atomic E-state index is -0.141. The van der Waals surface area contributed by atoms with Gasteiger partial charge in [0, 0.05) is 39.7 Å². The highest BCUT2D eigenvalue weighted by atomic mass is 35.5. The van der Waals surface area contributed by atoms with Gasteiger partial charge in [-0.15, -0.1) is 11.6 Å². The smallest absolute Gasteiger partial charge is 0.251 e. The van der Waals surface area contributed by atoms with Gasteiger partial charge in [0.25, 0.3) is 5.91 Å². The Labute approximate surface area is 195 Å². The first-order valence-corrected chi connectivity index (χ1v) is 11.4. The summed E-state index contributed by atoms with van der Waals surface area (Å²) in [6.45, 7) is 0.436. The van der Waals surface area contributed by atoms with Crippen LogP contribution in [0.2, 0.25) is 5.02 Å². The molecule has 0 unspecified atom stereocenters. The highest BCUT2D eigenvalue weighted by Crippen LogP contribution is 2.36. The number of carbonyl (C=O) groups excluding carboxylic acids is 1. The fourth-order valence-electron chi connectivity index (χ4n) is 3.02. The molecular weight excluding hydrogens is 449 g/mol. The van der Waals surface area contributed by atoms with Crippen molar-refractivity contribution in [3.8, 4) is 16.9 Å². The van der Waals surface area contributed by atoms with E-state index >= 15 is 0 Å². The molecule has 0 saturated carbocycles. The van der Waals surface area contributed by atoms with Gasteiger partial charge in [0.2, 0.25) is 0 Å². The Morgan fingerprint density at radius 3 is 2.35 bits per heavy atom. The number of para-hydroxylation sites is 1. The summed E-state index contributed by atoms with van der Waals surface area (Å²) in [5, 5.41) is 8.32. The second-order valence-electron chi connectivity index (χ2n) is 6.70. The standard InChI is InChI=1S/C24H19Cl2N3OS/c25-14-15-27-24(30)18-8-6-17(7-9-18)23-22(31-21-12-10-19(26)11-13-21)16-29(28-23)20-4-2-1-3-5-20/h1-13,16H,14-15H2,(H,27,30). The molecule has 7 heteroatoms. The Balaban J connectivity index is 1.68. The lowest BCUT2D eigenvalue weighted by Crippen LogP contribution is -2.25. The van der Waals surface area contributed by atoms with Crippen LogP contribution in [0.15, 0.2) is 94.9 Å². The van der Waals surface area contributed by atoms with Gasteiger partial charge in [0.05, 0.1) is 10.6 Å². The molecule has 0 aliphatic rings. The molecule has 0 fully saturated rings. The van der Waals surface area contributed by atoms with Crippen LogP contribution in [0.1, 0.15) is 10.4 Å². The van der Waals surface area contributed by atoms with E-state index in [1.807, 2.05) is 77.6 Å². The molecule has 0 aliphatic carbocycles. The first-order chi connectivity index (χ1) is 15.1. The molecule has 1 heterocycles. The fraction of sp³-hybridized carbons (Fsp3) is 0.0833. The molecule has 1 N–H and O–H groups in total. The molecular formula is C24H19Cl2N3OS. The number of nitrogens with one attached hydrogen (secondary N) is 1. The number of benzene rings is 3. The third-order valence-corrected chi connectivity index (χ3v) is 6.01. The largest absolute Gasteiger partial charge is 0.351 e. The predicted octanol–water partition coefficient (Wildman–Crippen LogP) is 6.31. The van der Waals surface area contributed by atoms with Gasteiger partial charge in [-0.2, -0.15) is 5.10 Å². The summed E-state index contributed by atoms with van der Waals surface area (Å²) in [6, 6.07) is 25.1. The number of amides is 1. The maximum absolute atomic E-state index is 12.2. The van der Waals surface area contributed by atoms with Gasteiger partial charge in [-0.3, -0.25) is 4.79 Å². The molecule has 31 heavy (non-hydrogen) atoms. The molecule has 0 aliphatic heterocycles. The van der Waals surface area contributed by atoms with Crippen molar-refractivity contribution in [3.05, 3.63) is 95.6 Å². The van der Waals surface area contributed by atoms with Crippen molar-refractivity contribution >= 4 is 40.9 Å². The summed E-state index contributed by atoms with van der Waals surface area (Å²) in [5.41, 5.74) is 3.34. The molecule has 1 amide bonds. The van der Waals surface area contributed by atoms with Crippen LogP contribution in [0.25, 0.3) is 16.9 Å². The molecule has 156 valence electrons. The van der Waals surface area contributed by atoms with Crippen LogP contribution in [-0.4, -0.2) is 28.1 Å². The van der Waals surface area contributed by atoms with Crippen molar-refractivity contribution in [1.29, 1.82) is 0 Å². The predicted molar refractivity (Wildman–Crippen MR) is 128 cm³/mol. The van der Waals surface area contributed by atoms with Crippen LogP contribution < -0.4 is 5.32 Å². The molecule has 1 aromatic heterocycles. The number of halogens is 2. The topological polar surface area (TPSA) is 46.9 Å². The minimum absolute atomic E-state index is 0.141. The lowest BCUT2D eigenvalue weighted by atomic mass is 10.1. The lowest BCUT2D eigenvalue weighted by molar-refractivity contribution is 0.0956. The summed E-state index contributed by atoms with van der Waals surface area (Å²) >= 11 is 13.3. The minimum Gasteiger partial charge on any atom is -0.351 e. The molecule has 0 bridgehead atoms. The van der Waals surface area contributed by atoms with E-state index in [0.29, 0.717) is 23.0 Å². The third-order valence-electron chi connectivity index (χ3n) is 4.54. The van der Waals surface area contributed by atoms with Gasteiger partial charge in [-0.25, -0.2) is 4.68 Å². The summed E-state index contributed by atoms with van der Waals surface area (Å²) < 4.78 is 1.87. The van der Waals surface area contributed by atoms with Crippen molar-refractivity contribution in [2.75, 3.05) is 12.4 Å². The van der Waals surface area contributed by atoms with Crippen LogP contribution in [0.4, 0.5) is 0 Å². The molecule has 0 spiro atoms. The molecule has 4 aromatic rings. The Morgan fingerprint density at radius 2 is 1.68 bits per heavy atom. The summed E-state index contributed by atoms with van der Waals surface area (Å²) in [6.07, 6.45) is 2.02. The summed E-state index contributed by atoms with van der Waals surface area (Å²) in [4.78, 5) is 14.2. The Kier molecular flexibility index (Phi) is 6.97. The lowest BCUT2D eigenvalue weighted by Gasteiger charge is -2.06. The van der Waals surface area contributed by atoms with Gasteiger partial charge >= 0.3 is 0 Å². The van der Waals surface area contributed by atoms with E-state index in [-0.39, 0.29) is 5.91 Å². The molecule has 3 aromatic carbocycles. The first-order valence-electron chi connectivity index (χ1n) is 9.67. The highest BCUT2D eigenvalue weighted by Gasteiger charge is 2.15. The number of rotatable bonds is 7. The summed E-state index contributed by atoms with van der Waals surface area (Å²) in [5.74, 6) is 0.240.